The first-order valence-corrected chi connectivity index (χ1v) is 8.80. The van der Waals surface area contributed by atoms with E-state index in [1.807, 2.05) is 0 Å². The van der Waals surface area contributed by atoms with Gasteiger partial charge in [-0.15, -0.1) is 0 Å². The van der Waals surface area contributed by atoms with Gasteiger partial charge in [0.05, 0.1) is 10.5 Å². The van der Waals surface area contributed by atoms with Gasteiger partial charge in [-0.25, -0.2) is 0 Å². The van der Waals surface area contributed by atoms with Crippen LogP contribution >= 0.6 is 0 Å². The molecule has 0 spiro atoms. The largest absolute Gasteiger partial charge is 0.417 e. The van der Waals surface area contributed by atoms with Gasteiger partial charge in [-0.05, 0) is 32.3 Å². The number of halogens is 3. The summed E-state index contributed by atoms with van der Waals surface area (Å²) in [4.78, 5) is 4.99. The molecular formula is C16H17F3N4O2S. The minimum absolute atomic E-state index is 0.00112. The van der Waals surface area contributed by atoms with Gasteiger partial charge >= 0.3 is 6.18 Å². The molecule has 10 heteroatoms. The van der Waals surface area contributed by atoms with Crippen molar-refractivity contribution in [3.63, 3.8) is 0 Å². The van der Waals surface area contributed by atoms with Crippen molar-refractivity contribution in [3.05, 3.63) is 42.2 Å². The summed E-state index contributed by atoms with van der Waals surface area (Å²) < 4.78 is 67.4. The van der Waals surface area contributed by atoms with Crippen LogP contribution in [0.4, 0.5) is 18.9 Å². The maximum atomic E-state index is 12.9. The van der Waals surface area contributed by atoms with Gasteiger partial charge in [-0.2, -0.15) is 26.0 Å². The normalized spacial score (nSPS) is 12.8. The summed E-state index contributed by atoms with van der Waals surface area (Å²) in [7, 11) is -0.682. The molecule has 26 heavy (non-hydrogen) atoms. The molecule has 0 fully saturated rings. The van der Waals surface area contributed by atoms with Crippen molar-refractivity contribution in [1.29, 1.82) is 0 Å². The number of aromatic nitrogens is 1. The van der Waals surface area contributed by atoms with Crippen molar-refractivity contribution in [2.24, 2.45) is 4.40 Å². The van der Waals surface area contributed by atoms with Crippen molar-refractivity contribution >= 4 is 21.9 Å². The quantitative estimate of drug-likeness (QED) is 0.630. The van der Waals surface area contributed by atoms with Crippen LogP contribution in [-0.2, 0) is 16.2 Å². The molecule has 1 heterocycles. The zero-order valence-electron chi connectivity index (χ0n) is 14.0. The van der Waals surface area contributed by atoms with Crippen LogP contribution in [0.3, 0.4) is 0 Å². The van der Waals surface area contributed by atoms with Crippen molar-refractivity contribution in [2.45, 2.75) is 11.1 Å². The second-order valence-electron chi connectivity index (χ2n) is 5.74. The van der Waals surface area contributed by atoms with Crippen molar-refractivity contribution < 1.29 is 21.6 Å². The molecular weight excluding hydrogens is 369 g/mol. The Bertz CT molecular complexity index is 925. The van der Waals surface area contributed by atoms with Crippen LogP contribution < -0.4 is 5.73 Å². The number of hydrogen-bond donors (Lipinski definition) is 1. The Balaban J connectivity index is 2.58. The molecule has 0 amide bonds. The summed E-state index contributed by atoms with van der Waals surface area (Å²) in [5.74, 6) is 0. The molecule has 2 N–H and O–H groups in total. The molecule has 0 saturated carbocycles. The average Bonchev–Trinajstić information content (AvgIpc) is 2.53. The van der Waals surface area contributed by atoms with Gasteiger partial charge in [-0.3, -0.25) is 4.98 Å². The highest BCUT2D eigenvalue weighted by Gasteiger charge is 2.31. The molecule has 2 rings (SSSR count). The molecule has 0 saturated heterocycles. The minimum Gasteiger partial charge on any atom is -0.399 e. The van der Waals surface area contributed by atoms with Gasteiger partial charge in [0.2, 0.25) is 0 Å². The summed E-state index contributed by atoms with van der Waals surface area (Å²) in [5.41, 5.74) is 4.87. The lowest BCUT2D eigenvalue weighted by molar-refractivity contribution is -0.137. The smallest absolute Gasteiger partial charge is 0.399 e. The number of nitrogens with two attached hydrogens (primary N) is 1. The van der Waals surface area contributed by atoms with E-state index in [0.29, 0.717) is 6.20 Å². The van der Waals surface area contributed by atoms with E-state index in [9.17, 15) is 21.6 Å². The first kappa shape index (κ1) is 19.9. The fourth-order valence-corrected chi connectivity index (χ4v) is 3.21. The van der Waals surface area contributed by atoms with E-state index in [1.165, 1.54) is 18.3 Å². The molecule has 0 unspecified atom stereocenters. The maximum absolute atomic E-state index is 12.9. The Morgan fingerprint density at radius 3 is 2.54 bits per heavy atom. The fourth-order valence-electron chi connectivity index (χ4n) is 2.08. The van der Waals surface area contributed by atoms with Crippen LogP contribution in [0.15, 0.2) is 46.0 Å². The van der Waals surface area contributed by atoms with Gasteiger partial charge in [0.15, 0.2) is 0 Å². The fraction of sp³-hybridized carbons (Fsp3) is 0.250. The monoisotopic (exact) mass is 386 g/mol. The Kier molecular flexibility index (Phi) is 5.67. The third-order valence-corrected chi connectivity index (χ3v) is 4.64. The van der Waals surface area contributed by atoms with Crippen LogP contribution in [0.5, 0.6) is 0 Å². The number of alkyl halides is 3. The van der Waals surface area contributed by atoms with E-state index in [0.717, 1.165) is 18.3 Å². The summed E-state index contributed by atoms with van der Waals surface area (Å²) in [6.07, 6.45) is -1.57. The lowest BCUT2D eigenvalue weighted by atomic mass is 10.1. The summed E-state index contributed by atoms with van der Waals surface area (Å²) in [6, 6.07) is 4.73. The molecule has 0 aliphatic rings. The van der Waals surface area contributed by atoms with Crippen LogP contribution in [-0.4, -0.2) is 45.2 Å². The topological polar surface area (TPSA) is 88.7 Å². The zero-order chi connectivity index (χ0) is 19.5. The number of hydrogen-bond acceptors (Lipinski definition) is 5. The van der Waals surface area contributed by atoms with Crippen LogP contribution in [0.25, 0.3) is 11.1 Å². The highest BCUT2D eigenvalue weighted by molar-refractivity contribution is 7.90. The van der Waals surface area contributed by atoms with Crippen molar-refractivity contribution in [2.75, 3.05) is 26.4 Å². The van der Waals surface area contributed by atoms with E-state index in [-0.39, 0.29) is 28.3 Å². The molecule has 1 aromatic carbocycles. The van der Waals surface area contributed by atoms with Gasteiger partial charge in [0.1, 0.15) is 0 Å². The first-order chi connectivity index (χ1) is 12.0. The number of anilines is 1. The van der Waals surface area contributed by atoms with Crippen LogP contribution in [0, 0.1) is 0 Å². The zero-order valence-corrected chi connectivity index (χ0v) is 14.8. The van der Waals surface area contributed by atoms with E-state index in [2.05, 4.69) is 9.38 Å². The van der Waals surface area contributed by atoms with Gasteiger partial charge < -0.3 is 10.6 Å². The molecule has 2 aromatic rings. The van der Waals surface area contributed by atoms with E-state index in [4.69, 9.17) is 5.73 Å². The van der Waals surface area contributed by atoms with Crippen LogP contribution in [0.2, 0.25) is 0 Å². The number of sulfonamides is 1. The Morgan fingerprint density at radius 2 is 1.92 bits per heavy atom. The van der Waals surface area contributed by atoms with Crippen molar-refractivity contribution in [3.8, 4) is 11.1 Å². The number of benzene rings is 1. The number of nitrogen functional groups attached to an aromatic ring is 1. The average molecular weight is 386 g/mol. The third-order valence-electron chi connectivity index (χ3n) is 3.32. The predicted molar refractivity (Wildman–Crippen MR) is 93.3 cm³/mol. The van der Waals surface area contributed by atoms with Gasteiger partial charge in [0.25, 0.3) is 10.0 Å². The maximum Gasteiger partial charge on any atom is 0.417 e. The minimum atomic E-state index is -4.60. The Hall–Kier alpha value is -2.46. The first-order valence-electron chi connectivity index (χ1n) is 7.36. The molecule has 0 aliphatic heterocycles. The molecule has 1 aromatic heterocycles. The lowest BCUT2D eigenvalue weighted by Crippen LogP contribution is -2.14. The highest BCUT2D eigenvalue weighted by Crippen LogP contribution is 2.34. The molecule has 0 aliphatic carbocycles. The van der Waals surface area contributed by atoms with E-state index in [1.54, 1.807) is 19.0 Å². The summed E-state index contributed by atoms with van der Waals surface area (Å²) in [6.45, 7) is 0.280. The van der Waals surface area contributed by atoms with E-state index >= 15 is 0 Å². The highest BCUT2D eigenvalue weighted by atomic mass is 32.2. The molecule has 140 valence electrons. The van der Waals surface area contributed by atoms with Gasteiger partial charge in [-0.1, -0.05) is 6.07 Å². The standard InChI is InChI=1S/C16H17F3N4O2S/c1-23(2)6-5-22-26(24,25)15-8-13(20)3-4-14(15)11-7-12(10-21-9-11)16(17,18)19/h3-5,7-10H,6,20H2,1-2H3/b22-5+. The summed E-state index contributed by atoms with van der Waals surface area (Å²) in [5, 5.41) is 0. The Morgan fingerprint density at radius 1 is 1.23 bits per heavy atom. The molecule has 0 bridgehead atoms. The number of rotatable bonds is 5. The second-order valence-corrected chi connectivity index (χ2v) is 7.34. The van der Waals surface area contributed by atoms with Gasteiger partial charge in [0, 0.05) is 42.0 Å². The summed E-state index contributed by atoms with van der Waals surface area (Å²) >= 11 is 0. The van der Waals surface area contributed by atoms with Crippen molar-refractivity contribution in [1.82, 2.24) is 9.88 Å². The third kappa shape index (κ3) is 4.79. The predicted octanol–water partition coefficient (Wildman–Crippen LogP) is 2.67. The second kappa shape index (κ2) is 7.42. The SMILES string of the molecule is CN(C)C/C=N/S(=O)(=O)c1cc(N)ccc1-c1cncc(C(F)(F)F)c1. The molecule has 0 atom stereocenters. The molecule has 6 nitrogen and oxygen atoms in total. The Labute approximate surface area is 149 Å². The molecule has 0 radical (unpaired) electrons. The van der Waals surface area contributed by atoms with E-state index < -0.39 is 21.8 Å². The number of nitrogens with zero attached hydrogens (tertiary/aromatic N) is 3. The number of pyridine rings is 1. The lowest BCUT2D eigenvalue weighted by Gasteiger charge is -2.12. The van der Waals surface area contributed by atoms with Crippen LogP contribution in [0.1, 0.15) is 5.56 Å².